The van der Waals surface area contributed by atoms with E-state index in [1.807, 2.05) is 0 Å². The Bertz CT molecular complexity index is 363. The second kappa shape index (κ2) is 3.39. The molecule has 68 valence electrons. The number of aromatic nitrogens is 1. The summed E-state index contributed by atoms with van der Waals surface area (Å²) >= 11 is 9.12. The van der Waals surface area contributed by atoms with Gasteiger partial charge in [0.15, 0.2) is 5.78 Å². The predicted molar refractivity (Wildman–Crippen MR) is 54.0 cm³/mol. The zero-order chi connectivity index (χ0) is 9.42. The highest BCUT2D eigenvalue weighted by atomic mass is 79.9. The smallest absolute Gasteiger partial charge is 0.185 e. The summed E-state index contributed by atoms with van der Waals surface area (Å²) < 4.78 is 0.796. The highest BCUT2D eigenvalue weighted by Crippen LogP contribution is 2.34. The SMILES string of the molecule is O=C(c1ncc(Br)cc1Cl)C1CC1. The Labute approximate surface area is 89.4 Å². The molecule has 0 aromatic carbocycles. The molecule has 0 bridgehead atoms. The number of nitrogens with zero attached hydrogens (tertiary/aromatic N) is 1. The number of Topliss-reactive ketones (excluding diaryl/α,β-unsaturated/α-hetero) is 1. The van der Waals surface area contributed by atoms with Crippen molar-refractivity contribution in [2.45, 2.75) is 12.8 Å². The fourth-order valence-electron chi connectivity index (χ4n) is 1.13. The standard InChI is InChI=1S/C9H7BrClNO/c10-6-3-7(11)8(12-4-6)9(13)5-1-2-5/h3-5H,1-2H2. The number of ketones is 1. The first-order chi connectivity index (χ1) is 6.18. The van der Waals surface area contributed by atoms with Crippen LogP contribution in [-0.4, -0.2) is 10.8 Å². The number of pyridine rings is 1. The van der Waals surface area contributed by atoms with E-state index in [1.165, 1.54) is 0 Å². The van der Waals surface area contributed by atoms with Gasteiger partial charge in [0.05, 0.1) is 5.02 Å². The van der Waals surface area contributed by atoms with Crippen molar-refractivity contribution < 1.29 is 4.79 Å². The molecular formula is C9H7BrClNO. The molecule has 1 aromatic rings. The van der Waals surface area contributed by atoms with Crippen LogP contribution in [-0.2, 0) is 0 Å². The second-order valence-corrected chi connectivity index (χ2v) is 4.45. The summed E-state index contributed by atoms with van der Waals surface area (Å²) in [5.74, 6) is 0.253. The van der Waals surface area contributed by atoms with E-state index in [-0.39, 0.29) is 11.7 Å². The molecule has 0 saturated heterocycles. The van der Waals surface area contributed by atoms with Crippen LogP contribution in [0.3, 0.4) is 0 Å². The topological polar surface area (TPSA) is 30.0 Å². The van der Waals surface area contributed by atoms with Crippen LogP contribution in [0.1, 0.15) is 23.3 Å². The molecule has 13 heavy (non-hydrogen) atoms. The van der Waals surface area contributed by atoms with Gasteiger partial charge in [-0.25, -0.2) is 0 Å². The number of rotatable bonds is 2. The molecule has 1 fully saturated rings. The van der Waals surface area contributed by atoms with Crippen LogP contribution in [0.2, 0.25) is 5.02 Å². The minimum absolute atomic E-state index is 0.0810. The molecule has 0 N–H and O–H groups in total. The highest BCUT2D eigenvalue weighted by Gasteiger charge is 2.32. The molecule has 4 heteroatoms. The quantitative estimate of drug-likeness (QED) is 0.765. The molecule has 1 aliphatic rings. The van der Waals surface area contributed by atoms with Crippen LogP contribution in [0.5, 0.6) is 0 Å². The van der Waals surface area contributed by atoms with E-state index < -0.39 is 0 Å². The summed E-state index contributed by atoms with van der Waals surface area (Å²) in [4.78, 5) is 15.6. The zero-order valence-corrected chi connectivity index (χ0v) is 9.10. The summed E-state index contributed by atoms with van der Waals surface area (Å²) in [5.41, 5.74) is 0.410. The Balaban J connectivity index is 2.33. The van der Waals surface area contributed by atoms with Gasteiger partial charge in [0, 0.05) is 16.6 Å². The van der Waals surface area contributed by atoms with E-state index in [2.05, 4.69) is 20.9 Å². The van der Waals surface area contributed by atoms with Crippen molar-refractivity contribution in [1.82, 2.24) is 4.98 Å². The maximum Gasteiger partial charge on any atom is 0.185 e. The number of halogens is 2. The van der Waals surface area contributed by atoms with Gasteiger partial charge in [0.2, 0.25) is 0 Å². The van der Waals surface area contributed by atoms with Gasteiger partial charge in [0.25, 0.3) is 0 Å². The lowest BCUT2D eigenvalue weighted by Gasteiger charge is -2.00. The monoisotopic (exact) mass is 259 g/mol. The number of hydrogen-bond donors (Lipinski definition) is 0. The molecule has 1 saturated carbocycles. The lowest BCUT2D eigenvalue weighted by molar-refractivity contribution is 0.0963. The Morgan fingerprint density at radius 2 is 2.31 bits per heavy atom. The molecule has 1 heterocycles. The van der Waals surface area contributed by atoms with Gasteiger partial charge in [-0.05, 0) is 34.8 Å². The highest BCUT2D eigenvalue weighted by molar-refractivity contribution is 9.10. The molecular weight excluding hydrogens is 253 g/mol. The summed E-state index contributed by atoms with van der Waals surface area (Å²) in [5, 5.41) is 0.436. The Morgan fingerprint density at radius 1 is 1.62 bits per heavy atom. The molecule has 2 nitrogen and oxygen atoms in total. The largest absolute Gasteiger partial charge is 0.292 e. The second-order valence-electron chi connectivity index (χ2n) is 3.12. The first-order valence-corrected chi connectivity index (χ1v) is 5.21. The van der Waals surface area contributed by atoms with Crippen molar-refractivity contribution in [2.75, 3.05) is 0 Å². The van der Waals surface area contributed by atoms with Gasteiger partial charge in [-0.3, -0.25) is 9.78 Å². The van der Waals surface area contributed by atoms with E-state index in [0.717, 1.165) is 17.3 Å². The predicted octanol–water partition coefficient (Wildman–Crippen LogP) is 3.09. The van der Waals surface area contributed by atoms with Crippen molar-refractivity contribution >= 4 is 33.3 Å². The van der Waals surface area contributed by atoms with Crippen LogP contribution in [0.4, 0.5) is 0 Å². The maximum absolute atomic E-state index is 11.6. The van der Waals surface area contributed by atoms with E-state index in [0.29, 0.717) is 10.7 Å². The minimum Gasteiger partial charge on any atom is -0.292 e. The fourth-order valence-corrected chi connectivity index (χ4v) is 1.86. The minimum atomic E-state index is 0.0810. The Kier molecular flexibility index (Phi) is 2.39. The zero-order valence-electron chi connectivity index (χ0n) is 6.76. The molecule has 0 aliphatic heterocycles. The number of carbonyl (C=O) groups is 1. The third-order valence-electron chi connectivity index (χ3n) is 1.99. The average molecular weight is 261 g/mol. The summed E-state index contributed by atoms with van der Waals surface area (Å²) in [6.45, 7) is 0. The van der Waals surface area contributed by atoms with E-state index in [9.17, 15) is 4.79 Å². The average Bonchev–Trinajstić information content (AvgIpc) is 2.85. The molecule has 1 aliphatic carbocycles. The molecule has 0 atom stereocenters. The fraction of sp³-hybridized carbons (Fsp3) is 0.333. The van der Waals surface area contributed by atoms with Crippen molar-refractivity contribution in [3.63, 3.8) is 0 Å². The van der Waals surface area contributed by atoms with Crippen LogP contribution in [0.15, 0.2) is 16.7 Å². The molecule has 0 unspecified atom stereocenters. The lowest BCUT2D eigenvalue weighted by atomic mass is 10.2. The van der Waals surface area contributed by atoms with Crippen LogP contribution < -0.4 is 0 Å². The van der Waals surface area contributed by atoms with Crippen LogP contribution in [0, 0.1) is 5.92 Å². The van der Waals surface area contributed by atoms with Gasteiger partial charge in [-0.1, -0.05) is 11.6 Å². The van der Waals surface area contributed by atoms with Crippen LogP contribution >= 0.6 is 27.5 Å². The first-order valence-electron chi connectivity index (χ1n) is 4.04. The van der Waals surface area contributed by atoms with Gasteiger partial charge in [-0.15, -0.1) is 0 Å². The Morgan fingerprint density at radius 3 is 2.85 bits per heavy atom. The third-order valence-corrected chi connectivity index (χ3v) is 2.71. The molecule has 1 aromatic heterocycles. The van der Waals surface area contributed by atoms with Crippen LogP contribution in [0.25, 0.3) is 0 Å². The molecule has 2 rings (SSSR count). The van der Waals surface area contributed by atoms with E-state index in [4.69, 9.17) is 11.6 Å². The summed E-state index contributed by atoms with van der Waals surface area (Å²) in [6.07, 6.45) is 3.56. The van der Waals surface area contributed by atoms with E-state index >= 15 is 0 Å². The number of hydrogen-bond acceptors (Lipinski definition) is 2. The lowest BCUT2D eigenvalue weighted by Crippen LogP contribution is -2.04. The maximum atomic E-state index is 11.6. The molecule has 0 amide bonds. The van der Waals surface area contributed by atoms with Gasteiger partial charge < -0.3 is 0 Å². The van der Waals surface area contributed by atoms with Crippen molar-refractivity contribution in [1.29, 1.82) is 0 Å². The third kappa shape index (κ3) is 1.92. The van der Waals surface area contributed by atoms with Crippen molar-refractivity contribution in [3.8, 4) is 0 Å². The van der Waals surface area contributed by atoms with Gasteiger partial charge in [-0.2, -0.15) is 0 Å². The van der Waals surface area contributed by atoms with Gasteiger partial charge in [0.1, 0.15) is 5.69 Å². The van der Waals surface area contributed by atoms with Gasteiger partial charge >= 0.3 is 0 Å². The number of carbonyl (C=O) groups excluding carboxylic acids is 1. The summed E-state index contributed by atoms with van der Waals surface area (Å²) in [7, 11) is 0. The normalized spacial score (nSPS) is 15.8. The van der Waals surface area contributed by atoms with Crippen molar-refractivity contribution in [2.24, 2.45) is 5.92 Å². The van der Waals surface area contributed by atoms with Crippen molar-refractivity contribution in [3.05, 3.63) is 27.5 Å². The first kappa shape index (κ1) is 9.16. The molecule has 0 radical (unpaired) electrons. The Hall–Kier alpha value is -0.410. The molecule has 0 spiro atoms. The van der Waals surface area contributed by atoms with E-state index in [1.54, 1.807) is 12.3 Å². The summed E-state index contributed by atoms with van der Waals surface area (Å²) in [6, 6.07) is 1.70.